The molecule has 4 nitrogen and oxygen atoms in total. The van der Waals surface area contributed by atoms with Gasteiger partial charge in [-0.15, -0.1) is 0 Å². The number of nitrogens with one attached hydrogen (secondary N) is 1. The van der Waals surface area contributed by atoms with E-state index in [4.69, 9.17) is 28.9 Å². The molecule has 19 heavy (non-hydrogen) atoms. The molecule has 0 spiro atoms. The summed E-state index contributed by atoms with van der Waals surface area (Å²) in [6.07, 6.45) is 0. The van der Waals surface area contributed by atoms with Crippen molar-refractivity contribution in [3.05, 3.63) is 40.1 Å². The summed E-state index contributed by atoms with van der Waals surface area (Å²) in [6, 6.07) is 6.84. The normalized spacial score (nSPS) is 10.8. The summed E-state index contributed by atoms with van der Waals surface area (Å²) in [7, 11) is 0. The predicted octanol–water partition coefficient (Wildman–Crippen LogP) is 4.23. The van der Waals surface area contributed by atoms with Crippen molar-refractivity contribution in [2.45, 2.75) is 19.8 Å². The van der Waals surface area contributed by atoms with Crippen LogP contribution in [-0.4, -0.2) is 9.97 Å². The van der Waals surface area contributed by atoms with Gasteiger partial charge in [0.2, 0.25) is 0 Å². The number of anilines is 3. The summed E-state index contributed by atoms with van der Waals surface area (Å²) in [5.74, 6) is 1.89. The molecule has 0 radical (unpaired) electrons. The Hall–Kier alpha value is -1.52. The van der Waals surface area contributed by atoms with Gasteiger partial charge in [-0.1, -0.05) is 37.0 Å². The molecule has 0 aliphatic rings. The molecule has 100 valence electrons. The second-order valence-electron chi connectivity index (χ2n) is 4.44. The Bertz CT molecular complexity index is 599. The monoisotopic (exact) mass is 296 g/mol. The van der Waals surface area contributed by atoms with Crippen molar-refractivity contribution in [2.75, 3.05) is 11.1 Å². The van der Waals surface area contributed by atoms with Gasteiger partial charge in [-0.3, -0.25) is 0 Å². The predicted molar refractivity (Wildman–Crippen MR) is 80.3 cm³/mol. The number of nitrogens with zero attached hydrogens (tertiary/aromatic N) is 2. The Kier molecular flexibility index (Phi) is 4.12. The highest BCUT2D eigenvalue weighted by atomic mass is 35.5. The van der Waals surface area contributed by atoms with E-state index in [1.807, 2.05) is 13.8 Å². The van der Waals surface area contributed by atoms with Crippen LogP contribution >= 0.6 is 23.2 Å². The quantitative estimate of drug-likeness (QED) is 0.889. The molecule has 0 aliphatic heterocycles. The SMILES string of the molecule is CC(C)c1nc(N)cc(Nc2cc(Cl)ccc2Cl)n1. The number of hydrogen-bond donors (Lipinski definition) is 2. The molecule has 0 aliphatic carbocycles. The molecular weight excluding hydrogens is 283 g/mol. The van der Waals surface area contributed by atoms with Crippen LogP contribution < -0.4 is 11.1 Å². The van der Waals surface area contributed by atoms with Crippen molar-refractivity contribution in [1.82, 2.24) is 9.97 Å². The van der Waals surface area contributed by atoms with E-state index < -0.39 is 0 Å². The summed E-state index contributed by atoms with van der Waals surface area (Å²) in [5, 5.41) is 4.26. The number of rotatable bonds is 3. The topological polar surface area (TPSA) is 63.8 Å². The van der Waals surface area contributed by atoms with E-state index in [9.17, 15) is 0 Å². The maximum atomic E-state index is 6.09. The van der Waals surface area contributed by atoms with Crippen molar-refractivity contribution in [3.63, 3.8) is 0 Å². The Labute approximate surface area is 122 Å². The Balaban J connectivity index is 2.35. The molecule has 6 heteroatoms. The number of nitrogen functional groups attached to an aromatic ring is 1. The summed E-state index contributed by atoms with van der Waals surface area (Å²) in [5.41, 5.74) is 6.45. The molecule has 0 unspecified atom stereocenters. The first-order valence-corrected chi connectivity index (χ1v) is 6.58. The molecule has 0 saturated heterocycles. The third-order valence-corrected chi connectivity index (χ3v) is 3.04. The zero-order valence-corrected chi connectivity index (χ0v) is 12.1. The van der Waals surface area contributed by atoms with Crippen LogP contribution in [0.4, 0.5) is 17.3 Å². The van der Waals surface area contributed by atoms with Gasteiger partial charge in [0, 0.05) is 17.0 Å². The van der Waals surface area contributed by atoms with Gasteiger partial charge in [-0.2, -0.15) is 0 Å². The lowest BCUT2D eigenvalue weighted by atomic mass is 10.2. The second-order valence-corrected chi connectivity index (χ2v) is 5.28. The maximum Gasteiger partial charge on any atom is 0.136 e. The van der Waals surface area contributed by atoms with Crippen LogP contribution in [0.3, 0.4) is 0 Å². The van der Waals surface area contributed by atoms with E-state index >= 15 is 0 Å². The van der Waals surface area contributed by atoms with Gasteiger partial charge >= 0.3 is 0 Å². The van der Waals surface area contributed by atoms with Crippen molar-refractivity contribution in [2.24, 2.45) is 0 Å². The number of nitrogens with two attached hydrogens (primary N) is 1. The van der Waals surface area contributed by atoms with Crippen molar-refractivity contribution < 1.29 is 0 Å². The minimum absolute atomic E-state index is 0.193. The van der Waals surface area contributed by atoms with Crippen LogP contribution in [-0.2, 0) is 0 Å². The molecule has 3 N–H and O–H groups in total. The molecule has 0 bridgehead atoms. The average Bonchev–Trinajstić information content (AvgIpc) is 2.33. The van der Waals surface area contributed by atoms with E-state index in [0.717, 1.165) is 0 Å². The molecule has 1 aromatic carbocycles. The van der Waals surface area contributed by atoms with Crippen LogP contribution in [0, 0.1) is 0 Å². The van der Waals surface area contributed by atoms with Gasteiger partial charge in [0.25, 0.3) is 0 Å². The maximum absolute atomic E-state index is 6.09. The first kappa shape index (κ1) is 13.9. The lowest BCUT2D eigenvalue weighted by Gasteiger charge is -2.11. The van der Waals surface area contributed by atoms with Crippen LogP contribution in [0.5, 0.6) is 0 Å². The lowest BCUT2D eigenvalue weighted by Crippen LogP contribution is -2.05. The Morgan fingerprint density at radius 1 is 1.16 bits per heavy atom. The lowest BCUT2D eigenvalue weighted by molar-refractivity contribution is 0.779. The van der Waals surface area contributed by atoms with Crippen LogP contribution in [0.15, 0.2) is 24.3 Å². The number of halogens is 2. The highest BCUT2D eigenvalue weighted by Gasteiger charge is 2.08. The average molecular weight is 297 g/mol. The van der Waals surface area contributed by atoms with Crippen molar-refractivity contribution >= 4 is 40.5 Å². The molecular formula is C13H14Cl2N4. The summed E-state index contributed by atoms with van der Waals surface area (Å²) < 4.78 is 0. The zero-order chi connectivity index (χ0) is 14.0. The van der Waals surface area contributed by atoms with E-state index in [1.165, 1.54) is 0 Å². The molecule has 2 aromatic rings. The Morgan fingerprint density at radius 2 is 1.89 bits per heavy atom. The molecule has 1 heterocycles. The van der Waals surface area contributed by atoms with Gasteiger partial charge in [-0.25, -0.2) is 9.97 Å². The highest BCUT2D eigenvalue weighted by Crippen LogP contribution is 2.28. The first-order chi connectivity index (χ1) is 8.95. The molecule has 1 aromatic heterocycles. The van der Waals surface area contributed by atoms with Crippen molar-refractivity contribution in [1.29, 1.82) is 0 Å². The minimum Gasteiger partial charge on any atom is -0.384 e. The van der Waals surface area contributed by atoms with Gasteiger partial charge < -0.3 is 11.1 Å². The Morgan fingerprint density at radius 3 is 2.58 bits per heavy atom. The second kappa shape index (κ2) is 5.63. The smallest absolute Gasteiger partial charge is 0.136 e. The molecule has 2 rings (SSSR count). The number of benzene rings is 1. The van der Waals surface area contributed by atoms with Crippen molar-refractivity contribution in [3.8, 4) is 0 Å². The van der Waals surface area contributed by atoms with Crippen LogP contribution in [0.2, 0.25) is 10.0 Å². The zero-order valence-electron chi connectivity index (χ0n) is 10.6. The number of aromatic nitrogens is 2. The molecule has 0 saturated carbocycles. The summed E-state index contributed by atoms with van der Waals surface area (Å²) >= 11 is 12.0. The molecule has 0 amide bonds. The fraction of sp³-hybridized carbons (Fsp3) is 0.231. The fourth-order valence-corrected chi connectivity index (χ4v) is 1.88. The summed E-state index contributed by atoms with van der Waals surface area (Å²) in [6.45, 7) is 4.01. The standard InChI is InChI=1S/C13H14Cl2N4/c1-7(2)13-18-11(16)6-12(19-13)17-10-5-8(14)3-4-9(10)15/h3-7H,1-2H3,(H3,16,17,18,19). The highest BCUT2D eigenvalue weighted by molar-refractivity contribution is 6.35. The summed E-state index contributed by atoms with van der Waals surface area (Å²) in [4.78, 5) is 8.58. The van der Waals surface area contributed by atoms with E-state index in [0.29, 0.717) is 33.2 Å². The third kappa shape index (κ3) is 3.49. The van der Waals surface area contributed by atoms with Gasteiger partial charge in [0.15, 0.2) is 0 Å². The van der Waals surface area contributed by atoms with E-state index in [-0.39, 0.29) is 5.92 Å². The van der Waals surface area contributed by atoms with Gasteiger partial charge in [-0.05, 0) is 18.2 Å². The van der Waals surface area contributed by atoms with Gasteiger partial charge in [0.1, 0.15) is 17.5 Å². The molecule has 0 atom stereocenters. The van der Waals surface area contributed by atoms with Gasteiger partial charge in [0.05, 0.1) is 10.7 Å². The minimum atomic E-state index is 0.193. The van der Waals surface area contributed by atoms with E-state index in [1.54, 1.807) is 24.3 Å². The third-order valence-electron chi connectivity index (χ3n) is 2.47. The van der Waals surface area contributed by atoms with E-state index in [2.05, 4.69) is 15.3 Å². The molecule has 0 fully saturated rings. The van der Waals surface area contributed by atoms with Crippen LogP contribution in [0.1, 0.15) is 25.6 Å². The number of hydrogen-bond acceptors (Lipinski definition) is 4. The largest absolute Gasteiger partial charge is 0.384 e. The van der Waals surface area contributed by atoms with Crippen LogP contribution in [0.25, 0.3) is 0 Å². The fourth-order valence-electron chi connectivity index (χ4n) is 1.54. The first-order valence-electron chi connectivity index (χ1n) is 5.82.